The van der Waals surface area contributed by atoms with Gasteiger partial charge < -0.3 is 8.83 Å². The lowest BCUT2D eigenvalue weighted by molar-refractivity contribution is 0.668. The average Bonchev–Trinajstić information content (AvgIpc) is 3.67. The average molecular weight is 567 g/mol. The van der Waals surface area contributed by atoms with E-state index in [9.17, 15) is 0 Å². The van der Waals surface area contributed by atoms with E-state index in [-0.39, 0.29) is 0 Å². The molecule has 0 unspecified atom stereocenters. The van der Waals surface area contributed by atoms with Crippen molar-refractivity contribution in [1.29, 1.82) is 0 Å². The molecular formula is C38H22N4O2. The van der Waals surface area contributed by atoms with Crippen molar-refractivity contribution in [1.82, 2.24) is 19.9 Å². The Kier molecular flexibility index (Phi) is 5.40. The van der Waals surface area contributed by atoms with Gasteiger partial charge in [0, 0.05) is 69.2 Å². The Labute approximate surface area is 251 Å². The van der Waals surface area contributed by atoms with Crippen molar-refractivity contribution in [2.24, 2.45) is 0 Å². The Morgan fingerprint density at radius 1 is 0.386 bits per heavy atom. The molecule has 0 bridgehead atoms. The smallest absolute Gasteiger partial charge is 0.161 e. The molecule has 0 saturated heterocycles. The number of hydrogen-bond acceptors (Lipinski definition) is 6. The molecule has 0 aliphatic rings. The third kappa shape index (κ3) is 3.89. The maximum atomic E-state index is 6.42. The maximum absolute atomic E-state index is 6.42. The van der Waals surface area contributed by atoms with E-state index in [1.165, 1.54) is 0 Å². The van der Waals surface area contributed by atoms with Crippen molar-refractivity contribution in [3.63, 3.8) is 0 Å². The first-order valence-corrected chi connectivity index (χ1v) is 14.4. The standard InChI is InChI=1S/C38H22N4O2/c1-2-15-40-32(6-1)25-8-10-34-31(22-25)29-14-19-42-36(38(29)44-34)27-5-3-4-26(20-27)35-37-28(13-18-41-35)30-21-24(7-9-33(30)43-37)23-11-16-39-17-12-23/h1-22H. The van der Waals surface area contributed by atoms with Gasteiger partial charge in [-0.2, -0.15) is 0 Å². The Morgan fingerprint density at radius 2 is 1.02 bits per heavy atom. The quantitative estimate of drug-likeness (QED) is 0.211. The Morgan fingerprint density at radius 3 is 1.66 bits per heavy atom. The molecular weight excluding hydrogens is 544 g/mol. The lowest BCUT2D eigenvalue weighted by atomic mass is 10.0. The molecule has 206 valence electrons. The summed E-state index contributed by atoms with van der Waals surface area (Å²) in [7, 11) is 0. The SMILES string of the molecule is c1ccc(-c2ccc3oc4c(-c5cccc(-c6nccc7c6oc6ccc(-c8ccncc8)cc67)c5)nccc4c3c2)nc1. The van der Waals surface area contributed by atoms with E-state index in [0.29, 0.717) is 0 Å². The predicted molar refractivity (Wildman–Crippen MR) is 174 cm³/mol. The normalized spacial score (nSPS) is 11.6. The van der Waals surface area contributed by atoms with Crippen LogP contribution in [0.25, 0.3) is 88.8 Å². The molecule has 6 heterocycles. The number of furan rings is 2. The van der Waals surface area contributed by atoms with E-state index in [1.807, 2.05) is 97.7 Å². The van der Waals surface area contributed by atoms with Gasteiger partial charge in [0.25, 0.3) is 0 Å². The van der Waals surface area contributed by atoms with Gasteiger partial charge in [-0.1, -0.05) is 30.3 Å². The van der Waals surface area contributed by atoms with Crippen molar-refractivity contribution in [3.05, 3.63) is 134 Å². The Hall–Kier alpha value is -6.14. The van der Waals surface area contributed by atoms with Crippen molar-refractivity contribution in [2.75, 3.05) is 0 Å². The molecule has 0 atom stereocenters. The molecule has 0 amide bonds. The molecule has 44 heavy (non-hydrogen) atoms. The first-order chi connectivity index (χ1) is 21.8. The minimum Gasteiger partial charge on any atom is -0.454 e. The van der Waals surface area contributed by atoms with Crippen molar-refractivity contribution in [3.8, 4) is 44.9 Å². The Balaban J connectivity index is 1.16. The number of pyridine rings is 4. The second-order valence-corrected chi connectivity index (χ2v) is 10.7. The number of rotatable bonds is 4. The van der Waals surface area contributed by atoms with Crippen molar-refractivity contribution in [2.45, 2.75) is 0 Å². The van der Waals surface area contributed by atoms with E-state index >= 15 is 0 Å². The number of aromatic nitrogens is 4. The van der Waals surface area contributed by atoms with Crippen LogP contribution in [0, 0.1) is 0 Å². The summed E-state index contributed by atoms with van der Waals surface area (Å²) in [6, 6.07) is 34.7. The summed E-state index contributed by atoms with van der Waals surface area (Å²) in [6.07, 6.45) is 9.11. The second-order valence-electron chi connectivity index (χ2n) is 10.7. The molecule has 0 N–H and O–H groups in total. The fourth-order valence-corrected chi connectivity index (χ4v) is 6.05. The lowest BCUT2D eigenvalue weighted by Gasteiger charge is -2.06. The summed E-state index contributed by atoms with van der Waals surface area (Å²) in [5.74, 6) is 0. The number of hydrogen-bond donors (Lipinski definition) is 0. The van der Waals surface area contributed by atoms with Crippen molar-refractivity contribution >= 4 is 43.9 Å². The highest BCUT2D eigenvalue weighted by Crippen LogP contribution is 2.39. The fraction of sp³-hybridized carbons (Fsp3) is 0. The minimum absolute atomic E-state index is 0.747. The topological polar surface area (TPSA) is 77.8 Å². The van der Waals surface area contributed by atoms with Crippen LogP contribution in [0.1, 0.15) is 0 Å². The monoisotopic (exact) mass is 566 g/mol. The summed E-state index contributed by atoms with van der Waals surface area (Å²) >= 11 is 0. The Bertz CT molecular complexity index is 2330. The molecule has 0 aliphatic carbocycles. The van der Waals surface area contributed by atoms with Gasteiger partial charge >= 0.3 is 0 Å². The third-order valence-electron chi connectivity index (χ3n) is 8.16. The van der Waals surface area contributed by atoms with E-state index < -0.39 is 0 Å². The molecule has 9 aromatic rings. The summed E-state index contributed by atoms with van der Waals surface area (Å²) in [5, 5.41) is 4.11. The fourth-order valence-electron chi connectivity index (χ4n) is 6.05. The van der Waals surface area contributed by atoms with E-state index in [2.05, 4.69) is 46.4 Å². The minimum atomic E-state index is 0.747. The largest absolute Gasteiger partial charge is 0.454 e. The van der Waals surface area contributed by atoms with Crippen LogP contribution in [-0.2, 0) is 0 Å². The molecule has 6 heteroatoms. The van der Waals surface area contributed by atoms with Crippen LogP contribution < -0.4 is 0 Å². The number of fused-ring (bicyclic) bond motifs is 6. The van der Waals surface area contributed by atoms with Gasteiger partial charge in [-0.25, -0.2) is 0 Å². The second kappa shape index (κ2) is 9.71. The summed E-state index contributed by atoms with van der Waals surface area (Å²) in [5.41, 5.74) is 10.7. The number of benzene rings is 3. The van der Waals surface area contributed by atoms with Crippen LogP contribution in [0.2, 0.25) is 0 Å². The van der Waals surface area contributed by atoms with Gasteiger partial charge in [-0.15, -0.1) is 0 Å². The van der Waals surface area contributed by atoms with Crippen LogP contribution >= 0.6 is 0 Å². The van der Waals surface area contributed by atoms with Crippen LogP contribution in [0.3, 0.4) is 0 Å². The highest BCUT2D eigenvalue weighted by atomic mass is 16.3. The molecule has 6 nitrogen and oxygen atoms in total. The van der Waals surface area contributed by atoms with Crippen LogP contribution in [0.4, 0.5) is 0 Å². The first-order valence-electron chi connectivity index (χ1n) is 14.4. The number of nitrogens with zero attached hydrogens (tertiary/aromatic N) is 4. The van der Waals surface area contributed by atoms with Gasteiger partial charge in [0.1, 0.15) is 22.6 Å². The van der Waals surface area contributed by atoms with Gasteiger partial charge in [-0.05, 0) is 83.9 Å². The van der Waals surface area contributed by atoms with Crippen LogP contribution in [0.5, 0.6) is 0 Å². The molecule has 3 aromatic carbocycles. The van der Waals surface area contributed by atoms with Crippen LogP contribution in [0.15, 0.2) is 143 Å². The van der Waals surface area contributed by atoms with E-state index in [0.717, 1.165) is 88.8 Å². The highest BCUT2D eigenvalue weighted by Gasteiger charge is 2.18. The first kappa shape index (κ1) is 24.5. The summed E-state index contributed by atoms with van der Waals surface area (Å²) in [4.78, 5) is 18.2. The lowest BCUT2D eigenvalue weighted by Crippen LogP contribution is -1.88. The molecule has 0 radical (unpaired) electrons. The third-order valence-corrected chi connectivity index (χ3v) is 8.16. The maximum Gasteiger partial charge on any atom is 0.161 e. The van der Waals surface area contributed by atoms with Crippen LogP contribution in [-0.4, -0.2) is 19.9 Å². The molecule has 0 saturated carbocycles. The molecule has 0 fully saturated rings. The van der Waals surface area contributed by atoms with Gasteiger partial charge in [-0.3, -0.25) is 19.9 Å². The molecule has 6 aromatic heterocycles. The zero-order chi connectivity index (χ0) is 29.0. The molecule has 0 aliphatic heterocycles. The summed E-state index contributed by atoms with van der Waals surface area (Å²) in [6.45, 7) is 0. The van der Waals surface area contributed by atoms with Gasteiger partial charge in [0.2, 0.25) is 0 Å². The summed E-state index contributed by atoms with van der Waals surface area (Å²) < 4.78 is 12.8. The predicted octanol–water partition coefficient (Wildman–Crippen LogP) is 9.73. The zero-order valence-corrected chi connectivity index (χ0v) is 23.3. The van der Waals surface area contributed by atoms with Gasteiger partial charge in [0.05, 0.1) is 5.69 Å². The van der Waals surface area contributed by atoms with Gasteiger partial charge in [0.15, 0.2) is 11.2 Å². The van der Waals surface area contributed by atoms with Crippen molar-refractivity contribution < 1.29 is 8.83 Å². The highest BCUT2D eigenvalue weighted by molar-refractivity contribution is 6.11. The zero-order valence-electron chi connectivity index (χ0n) is 23.3. The molecule has 0 spiro atoms. The molecule has 9 rings (SSSR count). The van der Waals surface area contributed by atoms with E-state index in [1.54, 1.807) is 0 Å². The van der Waals surface area contributed by atoms with E-state index in [4.69, 9.17) is 18.8 Å².